The highest BCUT2D eigenvalue weighted by Crippen LogP contribution is 2.15. The van der Waals surface area contributed by atoms with Crippen LogP contribution < -0.4 is 10.6 Å². The molecule has 0 aromatic carbocycles. The summed E-state index contributed by atoms with van der Waals surface area (Å²) in [6.07, 6.45) is 2.25. The Bertz CT molecular complexity index is 177. The molecule has 0 aromatic rings. The summed E-state index contributed by atoms with van der Waals surface area (Å²) in [6.45, 7) is 7.26. The third-order valence-corrected chi connectivity index (χ3v) is 3.53. The van der Waals surface area contributed by atoms with Crippen molar-refractivity contribution in [3.8, 4) is 0 Å². The van der Waals surface area contributed by atoms with Crippen molar-refractivity contribution >= 4 is 0 Å². The summed E-state index contributed by atoms with van der Waals surface area (Å²) in [7, 11) is 0. The largest absolute Gasteiger partial charge is 0.391 e. The molecule has 2 unspecified atom stereocenters. The Hall–Kier alpha value is -0.160. The number of rotatable bonds is 3. The van der Waals surface area contributed by atoms with Crippen molar-refractivity contribution < 1.29 is 5.11 Å². The van der Waals surface area contributed by atoms with Gasteiger partial charge in [-0.05, 0) is 25.3 Å². The Labute approximate surface area is 92.0 Å². The minimum Gasteiger partial charge on any atom is -0.391 e. The first-order valence-corrected chi connectivity index (χ1v) is 6.18. The number of nitrogens with one attached hydrogen (secondary N) is 2. The normalized spacial score (nSPS) is 31.4. The lowest BCUT2D eigenvalue weighted by molar-refractivity contribution is 0.0492. The minimum absolute atomic E-state index is 0.143. The van der Waals surface area contributed by atoms with Crippen molar-refractivity contribution in [3.05, 3.63) is 0 Å². The van der Waals surface area contributed by atoms with Gasteiger partial charge < -0.3 is 15.7 Å². The molecular formula is C11H23N3O. The second-order valence-electron chi connectivity index (χ2n) is 4.72. The van der Waals surface area contributed by atoms with E-state index < -0.39 is 0 Å². The van der Waals surface area contributed by atoms with Gasteiger partial charge in [-0.2, -0.15) is 0 Å². The van der Waals surface area contributed by atoms with Crippen molar-refractivity contribution in [2.24, 2.45) is 5.92 Å². The highest BCUT2D eigenvalue weighted by molar-refractivity contribution is 4.79. The zero-order valence-corrected chi connectivity index (χ0v) is 9.41. The van der Waals surface area contributed by atoms with E-state index in [9.17, 15) is 5.11 Å². The number of β-amino-alcohol motifs (C(OH)–C–C–N with tert-alkyl or cyclic N) is 1. The maximum Gasteiger partial charge on any atom is 0.0707 e. The Morgan fingerprint density at radius 2 is 2.00 bits per heavy atom. The van der Waals surface area contributed by atoms with Gasteiger partial charge >= 0.3 is 0 Å². The molecule has 0 amide bonds. The fourth-order valence-corrected chi connectivity index (χ4v) is 2.51. The average molecular weight is 213 g/mol. The summed E-state index contributed by atoms with van der Waals surface area (Å²) in [6, 6.07) is 0. The van der Waals surface area contributed by atoms with Gasteiger partial charge in [0.1, 0.15) is 0 Å². The maximum atomic E-state index is 10.1. The summed E-state index contributed by atoms with van der Waals surface area (Å²) in [5.41, 5.74) is 0. The highest BCUT2D eigenvalue weighted by atomic mass is 16.3. The van der Waals surface area contributed by atoms with Gasteiger partial charge in [0.2, 0.25) is 0 Å². The number of nitrogens with zero attached hydrogens (tertiary/aromatic N) is 1. The molecule has 0 aliphatic carbocycles. The van der Waals surface area contributed by atoms with Crippen LogP contribution in [0.15, 0.2) is 0 Å². The number of hydrogen-bond acceptors (Lipinski definition) is 4. The van der Waals surface area contributed by atoms with Gasteiger partial charge in [0.05, 0.1) is 6.10 Å². The molecule has 2 aliphatic heterocycles. The predicted molar refractivity (Wildman–Crippen MR) is 60.9 cm³/mol. The fraction of sp³-hybridized carbons (Fsp3) is 1.00. The van der Waals surface area contributed by atoms with Crippen molar-refractivity contribution in [2.45, 2.75) is 18.9 Å². The third kappa shape index (κ3) is 3.41. The first kappa shape index (κ1) is 11.3. The van der Waals surface area contributed by atoms with E-state index >= 15 is 0 Å². The summed E-state index contributed by atoms with van der Waals surface area (Å²) in [4.78, 5) is 2.37. The van der Waals surface area contributed by atoms with Crippen molar-refractivity contribution in [1.82, 2.24) is 15.5 Å². The lowest BCUT2D eigenvalue weighted by Crippen LogP contribution is -2.49. The molecule has 2 heterocycles. The first-order valence-electron chi connectivity index (χ1n) is 6.18. The first-order chi connectivity index (χ1) is 7.36. The van der Waals surface area contributed by atoms with Crippen LogP contribution in [0.1, 0.15) is 12.8 Å². The quantitative estimate of drug-likeness (QED) is 0.577. The summed E-state index contributed by atoms with van der Waals surface area (Å²) >= 11 is 0. The molecule has 0 spiro atoms. The second-order valence-corrected chi connectivity index (χ2v) is 4.72. The molecule has 2 aliphatic rings. The Morgan fingerprint density at radius 3 is 2.67 bits per heavy atom. The zero-order chi connectivity index (χ0) is 10.5. The van der Waals surface area contributed by atoms with E-state index in [1.165, 1.54) is 12.8 Å². The number of aliphatic hydroxyl groups is 1. The molecular weight excluding hydrogens is 190 g/mol. The number of piperidine rings is 1. The molecule has 2 atom stereocenters. The van der Waals surface area contributed by atoms with Gasteiger partial charge in [-0.1, -0.05) is 0 Å². The van der Waals surface area contributed by atoms with Gasteiger partial charge in [0.15, 0.2) is 0 Å². The van der Waals surface area contributed by atoms with Gasteiger partial charge in [0, 0.05) is 39.3 Å². The molecule has 0 aromatic heterocycles. The van der Waals surface area contributed by atoms with Crippen LogP contribution in [0, 0.1) is 5.92 Å². The summed E-state index contributed by atoms with van der Waals surface area (Å²) < 4.78 is 0. The average Bonchev–Trinajstić information content (AvgIpc) is 2.31. The van der Waals surface area contributed by atoms with Crippen molar-refractivity contribution in [2.75, 3.05) is 45.8 Å². The van der Waals surface area contributed by atoms with Crippen LogP contribution in [0.5, 0.6) is 0 Å². The molecule has 0 radical (unpaired) electrons. The van der Waals surface area contributed by atoms with E-state index in [2.05, 4.69) is 15.5 Å². The van der Waals surface area contributed by atoms with Gasteiger partial charge in [0.25, 0.3) is 0 Å². The number of hydrogen-bond donors (Lipinski definition) is 3. The van der Waals surface area contributed by atoms with E-state index in [0.29, 0.717) is 5.92 Å². The molecule has 0 bridgehead atoms. The molecule has 2 saturated heterocycles. The highest BCUT2D eigenvalue weighted by Gasteiger charge is 2.23. The molecule has 3 N–H and O–H groups in total. The van der Waals surface area contributed by atoms with Crippen LogP contribution in [0.25, 0.3) is 0 Å². The van der Waals surface area contributed by atoms with Crippen molar-refractivity contribution in [3.63, 3.8) is 0 Å². The standard InChI is InChI=1S/C11H23N3O/c15-11(10-2-1-3-13-8-10)9-14-6-4-12-5-7-14/h10-13,15H,1-9H2. The molecule has 4 nitrogen and oxygen atoms in total. The van der Waals surface area contributed by atoms with E-state index in [1.807, 2.05) is 0 Å². The topological polar surface area (TPSA) is 47.5 Å². The Balaban J connectivity index is 1.72. The number of aliphatic hydroxyl groups excluding tert-OH is 1. The van der Waals surface area contributed by atoms with Crippen LogP contribution in [-0.4, -0.2) is 61.9 Å². The molecule has 88 valence electrons. The number of piperazine rings is 1. The van der Waals surface area contributed by atoms with E-state index in [4.69, 9.17) is 0 Å². The SMILES string of the molecule is OC(CN1CCNCC1)C1CCCNC1. The summed E-state index contributed by atoms with van der Waals surface area (Å²) in [5.74, 6) is 0.466. The Kier molecular flexibility index (Phi) is 4.38. The monoisotopic (exact) mass is 213 g/mol. The van der Waals surface area contributed by atoms with Crippen LogP contribution in [0.4, 0.5) is 0 Å². The van der Waals surface area contributed by atoms with Crippen molar-refractivity contribution in [1.29, 1.82) is 0 Å². The predicted octanol–water partition coefficient (Wildman–Crippen LogP) is -0.748. The molecule has 2 rings (SSSR count). The maximum absolute atomic E-state index is 10.1. The van der Waals surface area contributed by atoms with Crippen LogP contribution in [0.3, 0.4) is 0 Å². The zero-order valence-electron chi connectivity index (χ0n) is 9.41. The minimum atomic E-state index is -0.143. The van der Waals surface area contributed by atoms with Gasteiger partial charge in [-0.3, -0.25) is 4.90 Å². The second kappa shape index (κ2) is 5.80. The summed E-state index contributed by atoms with van der Waals surface area (Å²) in [5, 5.41) is 16.8. The van der Waals surface area contributed by atoms with Crippen LogP contribution in [0.2, 0.25) is 0 Å². The Morgan fingerprint density at radius 1 is 1.20 bits per heavy atom. The van der Waals surface area contributed by atoms with E-state index in [1.54, 1.807) is 0 Å². The van der Waals surface area contributed by atoms with Gasteiger partial charge in [-0.25, -0.2) is 0 Å². The van der Waals surface area contributed by atoms with E-state index in [0.717, 1.165) is 45.8 Å². The van der Waals surface area contributed by atoms with Crippen LogP contribution >= 0.6 is 0 Å². The lowest BCUT2D eigenvalue weighted by atomic mass is 9.93. The molecule has 2 fully saturated rings. The van der Waals surface area contributed by atoms with Crippen LogP contribution in [-0.2, 0) is 0 Å². The molecule has 0 saturated carbocycles. The smallest absolute Gasteiger partial charge is 0.0707 e. The van der Waals surface area contributed by atoms with E-state index in [-0.39, 0.29) is 6.10 Å². The third-order valence-electron chi connectivity index (χ3n) is 3.53. The molecule has 4 heteroatoms. The fourth-order valence-electron chi connectivity index (χ4n) is 2.51. The lowest BCUT2D eigenvalue weighted by Gasteiger charge is -2.33. The van der Waals surface area contributed by atoms with Gasteiger partial charge in [-0.15, -0.1) is 0 Å². The molecule has 15 heavy (non-hydrogen) atoms.